The van der Waals surface area contributed by atoms with Crippen LogP contribution in [0.4, 0.5) is 5.69 Å². The van der Waals surface area contributed by atoms with Crippen LogP contribution in [0.1, 0.15) is 44.5 Å². The van der Waals surface area contributed by atoms with Gasteiger partial charge in [0.1, 0.15) is 5.82 Å². The van der Waals surface area contributed by atoms with Gasteiger partial charge in [-0.15, -0.1) is 0 Å². The van der Waals surface area contributed by atoms with Crippen LogP contribution in [0.5, 0.6) is 11.5 Å². The lowest BCUT2D eigenvalue weighted by atomic mass is 10.1. The first-order valence-corrected chi connectivity index (χ1v) is 10.9. The van der Waals surface area contributed by atoms with Gasteiger partial charge in [0.15, 0.2) is 5.75 Å². The molecule has 0 N–H and O–H groups in total. The Bertz CT molecular complexity index is 1260. The number of nitro benzene ring substituents is 1. The highest BCUT2D eigenvalue weighted by molar-refractivity contribution is 9.10. The van der Waals surface area contributed by atoms with E-state index in [1.165, 1.54) is 24.1 Å². The first-order valence-electron chi connectivity index (χ1n) is 10.1. The van der Waals surface area contributed by atoms with Crippen LogP contribution in [-0.2, 0) is 0 Å². The summed E-state index contributed by atoms with van der Waals surface area (Å²) in [7, 11) is 1.40. The van der Waals surface area contributed by atoms with Gasteiger partial charge in [0.2, 0.25) is 5.75 Å². The number of benzene rings is 2. The summed E-state index contributed by atoms with van der Waals surface area (Å²) >= 11 is 3.38. The van der Waals surface area contributed by atoms with Crippen molar-refractivity contribution in [2.45, 2.75) is 33.1 Å². The van der Waals surface area contributed by atoms with Crippen molar-refractivity contribution < 1.29 is 14.4 Å². The van der Waals surface area contributed by atoms with Gasteiger partial charge in [0.25, 0.3) is 5.56 Å². The van der Waals surface area contributed by atoms with Crippen molar-refractivity contribution in [1.29, 1.82) is 0 Å². The quantitative estimate of drug-likeness (QED) is 0.247. The SMILES string of the molecule is CCOc1c(OC)cc(C=Nn2c([C@H](C)CC)nc3ccc(Br)cc3c2=O)cc1[N+](=O)[O-]. The number of hydrogen-bond donors (Lipinski definition) is 0. The molecule has 0 saturated carbocycles. The van der Waals surface area contributed by atoms with Gasteiger partial charge in [-0.1, -0.05) is 29.8 Å². The lowest BCUT2D eigenvalue weighted by Crippen LogP contribution is -2.23. The predicted octanol–water partition coefficient (Wildman–Crippen LogP) is 4.87. The van der Waals surface area contributed by atoms with E-state index < -0.39 is 4.92 Å². The van der Waals surface area contributed by atoms with Gasteiger partial charge in [-0.05, 0) is 37.6 Å². The Kier molecular flexibility index (Phi) is 7.24. The maximum atomic E-state index is 13.2. The molecule has 3 rings (SSSR count). The molecule has 0 aliphatic heterocycles. The molecule has 1 heterocycles. The van der Waals surface area contributed by atoms with E-state index in [4.69, 9.17) is 9.47 Å². The fraction of sp³-hybridized carbons (Fsp3) is 0.318. The van der Waals surface area contributed by atoms with Crippen molar-refractivity contribution in [3.8, 4) is 11.5 Å². The van der Waals surface area contributed by atoms with E-state index in [9.17, 15) is 14.9 Å². The second kappa shape index (κ2) is 9.90. The van der Waals surface area contributed by atoms with Crippen molar-refractivity contribution in [2.24, 2.45) is 5.10 Å². The largest absolute Gasteiger partial charge is 0.493 e. The Balaban J connectivity index is 2.19. The summed E-state index contributed by atoms with van der Waals surface area (Å²) in [5.74, 6) is 0.734. The molecule has 0 amide bonds. The second-order valence-corrected chi connectivity index (χ2v) is 7.98. The van der Waals surface area contributed by atoms with Crippen molar-refractivity contribution >= 4 is 38.7 Å². The molecule has 1 atom stereocenters. The lowest BCUT2D eigenvalue weighted by molar-refractivity contribution is -0.385. The molecule has 0 bridgehead atoms. The van der Waals surface area contributed by atoms with Gasteiger partial charge < -0.3 is 9.47 Å². The normalized spacial score (nSPS) is 12.3. The van der Waals surface area contributed by atoms with Gasteiger partial charge in [0.05, 0.1) is 35.8 Å². The van der Waals surface area contributed by atoms with E-state index in [1.54, 1.807) is 25.1 Å². The summed E-state index contributed by atoms with van der Waals surface area (Å²) in [5, 5.41) is 16.3. The number of fused-ring (bicyclic) bond motifs is 1. The third-order valence-electron chi connectivity index (χ3n) is 4.97. The van der Waals surface area contributed by atoms with Crippen molar-refractivity contribution in [3.63, 3.8) is 0 Å². The van der Waals surface area contributed by atoms with Gasteiger partial charge in [0, 0.05) is 22.0 Å². The number of nitrogens with zero attached hydrogens (tertiary/aromatic N) is 4. The average Bonchev–Trinajstić information content (AvgIpc) is 2.78. The van der Waals surface area contributed by atoms with Crippen LogP contribution in [0.25, 0.3) is 10.9 Å². The fourth-order valence-corrected chi connectivity index (χ4v) is 3.52. The molecule has 3 aromatic rings. The maximum Gasteiger partial charge on any atom is 0.315 e. The molecule has 0 aliphatic carbocycles. The summed E-state index contributed by atoms with van der Waals surface area (Å²) in [5.41, 5.74) is 0.393. The first-order chi connectivity index (χ1) is 15.3. The standard InChI is InChI=1S/C22H23BrN4O5/c1-5-13(3)21-25-17-8-7-15(23)11-16(17)22(28)26(21)24-12-14-9-18(27(29)30)20(32-6-2)19(10-14)31-4/h7-13H,5-6H2,1-4H3/t13-/m1/s1. The molecule has 32 heavy (non-hydrogen) atoms. The van der Waals surface area contributed by atoms with Crippen LogP contribution in [0.3, 0.4) is 0 Å². The molecule has 10 heteroatoms. The van der Waals surface area contributed by atoms with Crippen LogP contribution in [0.2, 0.25) is 0 Å². The minimum Gasteiger partial charge on any atom is -0.493 e. The Hall–Kier alpha value is -3.27. The number of methoxy groups -OCH3 is 1. The smallest absolute Gasteiger partial charge is 0.315 e. The van der Waals surface area contributed by atoms with E-state index in [2.05, 4.69) is 26.0 Å². The van der Waals surface area contributed by atoms with E-state index in [-0.39, 0.29) is 35.3 Å². The maximum absolute atomic E-state index is 13.2. The van der Waals surface area contributed by atoms with Crippen molar-refractivity contribution in [2.75, 3.05) is 13.7 Å². The van der Waals surface area contributed by atoms with Crippen LogP contribution in [-0.4, -0.2) is 34.5 Å². The highest BCUT2D eigenvalue weighted by atomic mass is 79.9. The minimum atomic E-state index is -0.545. The highest BCUT2D eigenvalue weighted by Crippen LogP contribution is 2.38. The van der Waals surface area contributed by atoms with E-state index in [0.29, 0.717) is 22.3 Å². The third kappa shape index (κ3) is 4.64. The zero-order chi connectivity index (χ0) is 23.4. The molecule has 1 aromatic heterocycles. The van der Waals surface area contributed by atoms with Crippen LogP contribution in [0, 0.1) is 10.1 Å². The number of aromatic nitrogens is 2. The second-order valence-electron chi connectivity index (χ2n) is 7.06. The van der Waals surface area contributed by atoms with Crippen molar-refractivity contribution in [1.82, 2.24) is 9.66 Å². The number of nitro groups is 1. The molecule has 0 fully saturated rings. The molecule has 0 unspecified atom stereocenters. The molecule has 0 radical (unpaired) electrons. The molecule has 0 spiro atoms. The number of rotatable bonds is 8. The number of halogens is 1. The zero-order valence-electron chi connectivity index (χ0n) is 18.2. The summed E-state index contributed by atoms with van der Waals surface area (Å²) < 4.78 is 12.7. The topological polar surface area (TPSA) is 109 Å². The Morgan fingerprint density at radius 2 is 2.06 bits per heavy atom. The van der Waals surface area contributed by atoms with Gasteiger partial charge in [-0.25, -0.2) is 4.98 Å². The summed E-state index contributed by atoms with van der Waals surface area (Å²) in [6.07, 6.45) is 2.14. The summed E-state index contributed by atoms with van der Waals surface area (Å²) in [6, 6.07) is 8.20. The highest BCUT2D eigenvalue weighted by Gasteiger charge is 2.22. The Morgan fingerprint density at radius 3 is 2.69 bits per heavy atom. The van der Waals surface area contributed by atoms with E-state index >= 15 is 0 Å². The van der Waals surface area contributed by atoms with Crippen LogP contribution < -0.4 is 15.0 Å². The first kappa shape index (κ1) is 23.4. The van der Waals surface area contributed by atoms with E-state index in [0.717, 1.165) is 10.9 Å². The van der Waals surface area contributed by atoms with E-state index in [1.807, 2.05) is 19.9 Å². The monoisotopic (exact) mass is 502 g/mol. The van der Waals surface area contributed by atoms with Crippen LogP contribution in [0.15, 0.2) is 44.7 Å². The fourth-order valence-electron chi connectivity index (χ4n) is 3.16. The number of ether oxygens (including phenoxy) is 2. The van der Waals surface area contributed by atoms with Gasteiger partial charge in [-0.2, -0.15) is 9.78 Å². The summed E-state index contributed by atoms with van der Waals surface area (Å²) in [6.45, 7) is 5.93. The third-order valence-corrected chi connectivity index (χ3v) is 5.46. The minimum absolute atomic E-state index is 0.0305. The lowest BCUT2D eigenvalue weighted by Gasteiger charge is -2.14. The Morgan fingerprint density at radius 1 is 1.31 bits per heavy atom. The zero-order valence-corrected chi connectivity index (χ0v) is 19.7. The van der Waals surface area contributed by atoms with Gasteiger partial charge in [-0.3, -0.25) is 14.9 Å². The predicted molar refractivity (Wildman–Crippen MR) is 126 cm³/mol. The molecule has 9 nitrogen and oxygen atoms in total. The molecular weight excluding hydrogens is 480 g/mol. The van der Waals surface area contributed by atoms with Crippen LogP contribution >= 0.6 is 15.9 Å². The van der Waals surface area contributed by atoms with Crippen molar-refractivity contribution in [3.05, 3.63) is 66.7 Å². The van der Waals surface area contributed by atoms with Gasteiger partial charge >= 0.3 is 5.69 Å². The average molecular weight is 503 g/mol. The molecule has 2 aromatic carbocycles. The molecule has 0 aliphatic rings. The summed E-state index contributed by atoms with van der Waals surface area (Å²) in [4.78, 5) is 28.9. The molecule has 0 saturated heterocycles. The molecule has 168 valence electrons. The number of hydrogen-bond acceptors (Lipinski definition) is 7. The molecular formula is C22H23BrN4O5. The Labute approximate surface area is 193 Å².